The molecule has 1 amide bonds. The van der Waals surface area contributed by atoms with Crippen molar-refractivity contribution in [3.05, 3.63) is 0 Å². The van der Waals surface area contributed by atoms with Crippen LogP contribution in [0.25, 0.3) is 0 Å². The predicted octanol–water partition coefficient (Wildman–Crippen LogP) is -0.0143. The third-order valence-electron chi connectivity index (χ3n) is 3.44. The second kappa shape index (κ2) is 9.28. The van der Waals surface area contributed by atoms with Gasteiger partial charge in [-0.3, -0.25) is 9.69 Å². The van der Waals surface area contributed by atoms with Gasteiger partial charge >= 0.3 is 0 Å². The van der Waals surface area contributed by atoms with E-state index < -0.39 is 0 Å². The Balaban J connectivity index is 1.92. The first-order chi connectivity index (χ1) is 9.08. The molecule has 19 heavy (non-hydrogen) atoms. The number of likely N-dealkylation sites (N-methyl/N-ethyl adjacent to an activating group) is 1. The monoisotopic (exact) mass is 270 g/mol. The number of hydrogen-bond acceptors (Lipinski definition) is 4. The van der Waals surface area contributed by atoms with Crippen LogP contribution >= 0.6 is 0 Å². The van der Waals surface area contributed by atoms with Gasteiger partial charge in [0, 0.05) is 58.8 Å². The Bertz CT molecular complexity index is 250. The predicted molar refractivity (Wildman–Crippen MR) is 79.3 cm³/mol. The quantitative estimate of drug-likeness (QED) is 0.609. The first-order valence-corrected chi connectivity index (χ1v) is 7.46. The molecular weight excluding hydrogens is 240 g/mol. The van der Waals surface area contributed by atoms with Crippen molar-refractivity contribution >= 4 is 5.91 Å². The number of rotatable bonds is 8. The summed E-state index contributed by atoms with van der Waals surface area (Å²) in [7, 11) is 2.17. The topological polar surface area (TPSA) is 47.6 Å². The van der Waals surface area contributed by atoms with E-state index in [4.69, 9.17) is 0 Å². The molecule has 1 aliphatic heterocycles. The lowest BCUT2D eigenvalue weighted by Crippen LogP contribution is -2.46. The molecule has 0 atom stereocenters. The van der Waals surface area contributed by atoms with Crippen molar-refractivity contribution < 1.29 is 4.79 Å². The maximum atomic E-state index is 11.5. The zero-order valence-electron chi connectivity index (χ0n) is 12.7. The van der Waals surface area contributed by atoms with Gasteiger partial charge in [-0.2, -0.15) is 0 Å². The zero-order valence-corrected chi connectivity index (χ0v) is 12.7. The molecule has 1 rings (SSSR count). The number of amides is 1. The van der Waals surface area contributed by atoms with Crippen LogP contribution in [0.2, 0.25) is 0 Å². The fraction of sp³-hybridized carbons (Fsp3) is 0.929. The lowest BCUT2D eigenvalue weighted by Gasteiger charge is -2.32. The van der Waals surface area contributed by atoms with Gasteiger partial charge in [0.1, 0.15) is 0 Å². The molecule has 0 aliphatic carbocycles. The molecular formula is C14H30N4O. The van der Waals surface area contributed by atoms with E-state index in [9.17, 15) is 4.79 Å². The Morgan fingerprint density at radius 2 is 1.84 bits per heavy atom. The summed E-state index contributed by atoms with van der Waals surface area (Å²) in [6, 6.07) is 0. The van der Waals surface area contributed by atoms with Crippen LogP contribution in [0.1, 0.15) is 20.3 Å². The summed E-state index contributed by atoms with van der Waals surface area (Å²) < 4.78 is 0. The zero-order chi connectivity index (χ0) is 14.1. The molecule has 5 nitrogen and oxygen atoms in total. The normalized spacial score (nSPS) is 17.9. The number of nitrogens with zero attached hydrogens (tertiary/aromatic N) is 2. The number of nitrogens with one attached hydrogen (secondary N) is 2. The molecule has 0 spiro atoms. The van der Waals surface area contributed by atoms with Crippen molar-refractivity contribution in [2.75, 3.05) is 59.4 Å². The third kappa shape index (κ3) is 8.18. The molecule has 0 unspecified atom stereocenters. The maximum absolute atomic E-state index is 11.5. The SMILES string of the molecule is CC(C)CNC(=O)CCNCCN1CCN(C)CC1. The van der Waals surface area contributed by atoms with E-state index >= 15 is 0 Å². The number of carbonyl (C=O) groups is 1. The van der Waals surface area contributed by atoms with Crippen molar-refractivity contribution in [2.45, 2.75) is 20.3 Å². The highest BCUT2D eigenvalue weighted by atomic mass is 16.1. The number of piperazine rings is 1. The van der Waals surface area contributed by atoms with Crippen molar-refractivity contribution in [1.82, 2.24) is 20.4 Å². The average molecular weight is 270 g/mol. The van der Waals surface area contributed by atoms with E-state index in [2.05, 4.69) is 41.3 Å². The van der Waals surface area contributed by atoms with Gasteiger partial charge in [0.05, 0.1) is 0 Å². The van der Waals surface area contributed by atoms with Gasteiger partial charge in [-0.1, -0.05) is 13.8 Å². The van der Waals surface area contributed by atoms with Gasteiger partial charge in [-0.05, 0) is 13.0 Å². The molecule has 5 heteroatoms. The van der Waals surface area contributed by atoms with Crippen LogP contribution in [0.3, 0.4) is 0 Å². The molecule has 0 saturated carbocycles. The highest BCUT2D eigenvalue weighted by Gasteiger charge is 2.12. The van der Waals surface area contributed by atoms with Crippen LogP contribution in [0.5, 0.6) is 0 Å². The molecule has 1 fully saturated rings. The van der Waals surface area contributed by atoms with Crippen LogP contribution in [-0.4, -0.2) is 75.1 Å². The lowest BCUT2D eigenvalue weighted by molar-refractivity contribution is -0.121. The van der Waals surface area contributed by atoms with Gasteiger partial charge in [0.25, 0.3) is 0 Å². The average Bonchev–Trinajstić information content (AvgIpc) is 2.38. The lowest BCUT2D eigenvalue weighted by atomic mass is 10.2. The fourth-order valence-corrected chi connectivity index (χ4v) is 2.04. The summed E-state index contributed by atoms with van der Waals surface area (Å²) in [6.07, 6.45) is 0.579. The molecule has 0 aromatic rings. The Hall–Kier alpha value is -0.650. The van der Waals surface area contributed by atoms with E-state index in [1.54, 1.807) is 0 Å². The Labute approximate surface area is 117 Å². The van der Waals surface area contributed by atoms with Crippen LogP contribution in [-0.2, 0) is 4.79 Å². The van der Waals surface area contributed by atoms with Crippen molar-refractivity contribution in [2.24, 2.45) is 5.92 Å². The van der Waals surface area contributed by atoms with Crippen molar-refractivity contribution in [3.63, 3.8) is 0 Å². The Morgan fingerprint density at radius 3 is 2.47 bits per heavy atom. The first kappa shape index (κ1) is 16.4. The first-order valence-electron chi connectivity index (χ1n) is 7.46. The molecule has 112 valence electrons. The summed E-state index contributed by atoms with van der Waals surface area (Å²) in [4.78, 5) is 16.3. The summed E-state index contributed by atoms with van der Waals surface area (Å²) in [6.45, 7) is 12.5. The van der Waals surface area contributed by atoms with E-state index in [-0.39, 0.29) is 5.91 Å². The molecule has 1 saturated heterocycles. The molecule has 0 aromatic carbocycles. The summed E-state index contributed by atoms with van der Waals surface area (Å²) in [5.74, 6) is 0.676. The minimum atomic E-state index is 0.154. The summed E-state index contributed by atoms with van der Waals surface area (Å²) in [5.41, 5.74) is 0. The highest BCUT2D eigenvalue weighted by molar-refractivity contribution is 5.76. The fourth-order valence-electron chi connectivity index (χ4n) is 2.04. The van der Waals surface area contributed by atoms with E-state index in [1.165, 1.54) is 0 Å². The molecule has 2 N–H and O–H groups in total. The van der Waals surface area contributed by atoms with E-state index in [1.807, 2.05) is 0 Å². The minimum Gasteiger partial charge on any atom is -0.356 e. The van der Waals surface area contributed by atoms with Gasteiger partial charge in [0.15, 0.2) is 0 Å². The largest absolute Gasteiger partial charge is 0.356 e. The molecule has 0 bridgehead atoms. The summed E-state index contributed by atoms with van der Waals surface area (Å²) in [5, 5.41) is 6.28. The van der Waals surface area contributed by atoms with Crippen molar-refractivity contribution in [3.8, 4) is 0 Å². The molecule has 0 radical (unpaired) electrons. The Morgan fingerprint density at radius 1 is 1.16 bits per heavy atom. The van der Waals surface area contributed by atoms with Crippen LogP contribution in [0.15, 0.2) is 0 Å². The van der Waals surface area contributed by atoms with Crippen LogP contribution < -0.4 is 10.6 Å². The van der Waals surface area contributed by atoms with Gasteiger partial charge in [0.2, 0.25) is 5.91 Å². The number of hydrogen-bond donors (Lipinski definition) is 2. The van der Waals surface area contributed by atoms with Gasteiger partial charge < -0.3 is 15.5 Å². The maximum Gasteiger partial charge on any atom is 0.221 e. The van der Waals surface area contributed by atoms with E-state index in [0.717, 1.165) is 52.4 Å². The second-order valence-corrected chi connectivity index (χ2v) is 5.84. The highest BCUT2D eigenvalue weighted by Crippen LogP contribution is 1.97. The molecule has 1 heterocycles. The molecule has 0 aromatic heterocycles. The van der Waals surface area contributed by atoms with Gasteiger partial charge in [-0.25, -0.2) is 0 Å². The van der Waals surface area contributed by atoms with Crippen molar-refractivity contribution in [1.29, 1.82) is 0 Å². The van der Waals surface area contributed by atoms with Crippen LogP contribution in [0.4, 0.5) is 0 Å². The van der Waals surface area contributed by atoms with Gasteiger partial charge in [-0.15, -0.1) is 0 Å². The van der Waals surface area contributed by atoms with Crippen LogP contribution in [0, 0.1) is 5.92 Å². The van der Waals surface area contributed by atoms with E-state index in [0.29, 0.717) is 12.3 Å². The minimum absolute atomic E-state index is 0.154. The molecule has 1 aliphatic rings. The standard InChI is InChI=1S/C14H30N4O/c1-13(2)12-16-14(19)4-5-15-6-7-18-10-8-17(3)9-11-18/h13,15H,4-12H2,1-3H3,(H,16,19). The second-order valence-electron chi connectivity index (χ2n) is 5.84. The Kier molecular flexibility index (Phi) is 8.02. The smallest absolute Gasteiger partial charge is 0.221 e. The third-order valence-corrected chi connectivity index (χ3v) is 3.44. The number of carbonyl (C=O) groups excluding carboxylic acids is 1. The summed E-state index contributed by atoms with van der Waals surface area (Å²) >= 11 is 0.